The number of carbonyl (C=O) groups is 1. The molecule has 2 aliphatic rings. The predicted molar refractivity (Wildman–Crippen MR) is 87.0 cm³/mol. The zero-order valence-electron chi connectivity index (χ0n) is 12.7. The highest BCUT2D eigenvalue weighted by molar-refractivity contribution is 8.00. The summed E-state index contributed by atoms with van der Waals surface area (Å²) in [6.07, 6.45) is 3.66. The first-order chi connectivity index (χ1) is 9.79. The number of primary amides is 1. The smallest absolute Gasteiger partial charge is 0.308 e. The highest BCUT2D eigenvalue weighted by Crippen LogP contribution is 2.58. The Morgan fingerprint density at radius 2 is 2.14 bits per heavy atom. The number of thiazole rings is 1. The standard InChI is InChI=1S/C15H22N2O2S2/c1-8-4-5-10-9(6-8)12-13(21-15(10,2)3)17(7-11(16)18)14(19)20-12/h8-10H,4-7H2,1-3H3,(H2,16,18)/t8-,9-,10-/m0/s1. The van der Waals surface area contributed by atoms with Gasteiger partial charge in [0.2, 0.25) is 5.91 Å². The molecule has 21 heavy (non-hydrogen) atoms. The summed E-state index contributed by atoms with van der Waals surface area (Å²) >= 11 is 3.08. The van der Waals surface area contributed by atoms with E-state index in [1.165, 1.54) is 29.1 Å². The molecule has 1 fully saturated rings. The number of fused-ring (bicyclic) bond motifs is 3. The molecule has 0 aromatic carbocycles. The molecule has 1 aliphatic carbocycles. The second-order valence-electron chi connectivity index (χ2n) is 6.93. The third kappa shape index (κ3) is 2.57. The third-order valence-electron chi connectivity index (χ3n) is 4.89. The van der Waals surface area contributed by atoms with Gasteiger partial charge in [0.25, 0.3) is 0 Å². The number of carbonyl (C=O) groups excluding carboxylic acids is 1. The van der Waals surface area contributed by atoms with Crippen LogP contribution in [0.4, 0.5) is 0 Å². The normalized spacial score (nSPS) is 30.5. The Hall–Kier alpha value is -0.750. The highest BCUT2D eigenvalue weighted by atomic mass is 32.2. The van der Waals surface area contributed by atoms with Crippen LogP contribution in [0.1, 0.15) is 50.8 Å². The lowest BCUT2D eigenvalue weighted by atomic mass is 9.69. The molecule has 1 amide bonds. The maximum Gasteiger partial charge on any atom is 0.308 e. The van der Waals surface area contributed by atoms with Gasteiger partial charge in [0.15, 0.2) is 0 Å². The van der Waals surface area contributed by atoms with Crippen LogP contribution in [-0.4, -0.2) is 15.2 Å². The van der Waals surface area contributed by atoms with Crippen molar-refractivity contribution in [2.75, 3.05) is 0 Å². The number of rotatable bonds is 2. The average Bonchev–Trinajstić information content (AvgIpc) is 2.66. The lowest BCUT2D eigenvalue weighted by Crippen LogP contribution is -2.39. The first-order valence-corrected chi connectivity index (χ1v) is 9.13. The van der Waals surface area contributed by atoms with E-state index in [0.29, 0.717) is 17.8 Å². The van der Waals surface area contributed by atoms with Crippen molar-refractivity contribution in [3.05, 3.63) is 14.5 Å². The summed E-state index contributed by atoms with van der Waals surface area (Å²) in [5.74, 6) is 1.34. The molecule has 116 valence electrons. The number of hydrogen-bond donors (Lipinski definition) is 1. The number of aromatic nitrogens is 1. The molecule has 3 atom stereocenters. The topological polar surface area (TPSA) is 65.1 Å². The zero-order chi connectivity index (χ0) is 15.4. The van der Waals surface area contributed by atoms with Gasteiger partial charge in [-0.15, -0.1) is 11.8 Å². The molecule has 0 saturated heterocycles. The van der Waals surface area contributed by atoms with Crippen LogP contribution in [-0.2, 0) is 11.3 Å². The van der Waals surface area contributed by atoms with Gasteiger partial charge in [-0.1, -0.05) is 38.5 Å². The monoisotopic (exact) mass is 326 g/mol. The van der Waals surface area contributed by atoms with Crippen molar-refractivity contribution >= 4 is 29.0 Å². The van der Waals surface area contributed by atoms with Crippen molar-refractivity contribution in [3.8, 4) is 0 Å². The van der Waals surface area contributed by atoms with E-state index in [2.05, 4.69) is 20.8 Å². The fourth-order valence-corrected chi connectivity index (χ4v) is 6.68. The van der Waals surface area contributed by atoms with E-state index in [-0.39, 0.29) is 16.2 Å². The van der Waals surface area contributed by atoms with Crippen molar-refractivity contribution in [2.24, 2.45) is 17.6 Å². The van der Waals surface area contributed by atoms with Crippen LogP contribution >= 0.6 is 23.1 Å². The Morgan fingerprint density at radius 3 is 2.81 bits per heavy atom. The van der Waals surface area contributed by atoms with Gasteiger partial charge < -0.3 is 5.73 Å². The third-order valence-corrected chi connectivity index (χ3v) is 7.59. The van der Waals surface area contributed by atoms with Crippen LogP contribution < -0.4 is 10.6 Å². The average molecular weight is 326 g/mol. The largest absolute Gasteiger partial charge is 0.368 e. The minimum atomic E-state index is -0.449. The first-order valence-electron chi connectivity index (χ1n) is 7.50. The number of hydrogen-bond acceptors (Lipinski definition) is 4. The number of nitrogens with zero attached hydrogens (tertiary/aromatic N) is 1. The second-order valence-corrected chi connectivity index (χ2v) is 9.56. The first kappa shape index (κ1) is 15.2. The molecule has 1 saturated carbocycles. The summed E-state index contributed by atoms with van der Waals surface area (Å²) in [6, 6.07) is 0. The highest BCUT2D eigenvalue weighted by Gasteiger charge is 2.47. The Morgan fingerprint density at radius 1 is 1.43 bits per heavy atom. The van der Waals surface area contributed by atoms with Gasteiger partial charge in [-0.05, 0) is 24.7 Å². The second kappa shape index (κ2) is 5.16. The molecule has 1 aromatic rings. The molecule has 1 aliphatic heterocycles. The summed E-state index contributed by atoms with van der Waals surface area (Å²) in [7, 11) is 0. The summed E-state index contributed by atoms with van der Waals surface area (Å²) in [5.41, 5.74) is 5.30. The molecule has 3 rings (SSSR count). The van der Waals surface area contributed by atoms with Crippen LogP contribution in [0, 0.1) is 11.8 Å². The molecular weight excluding hydrogens is 304 g/mol. The molecule has 0 unspecified atom stereocenters. The van der Waals surface area contributed by atoms with Gasteiger partial charge in [0, 0.05) is 15.5 Å². The quantitative estimate of drug-likeness (QED) is 0.909. The minimum Gasteiger partial charge on any atom is -0.368 e. The Bertz CT molecular complexity index is 632. The molecule has 0 spiro atoms. The van der Waals surface area contributed by atoms with Crippen molar-refractivity contribution in [1.82, 2.24) is 4.57 Å². The lowest BCUT2D eigenvalue weighted by molar-refractivity contribution is -0.118. The molecule has 6 heteroatoms. The number of nitrogens with two attached hydrogens (primary N) is 1. The van der Waals surface area contributed by atoms with Crippen LogP contribution in [0.3, 0.4) is 0 Å². The van der Waals surface area contributed by atoms with Crippen molar-refractivity contribution in [2.45, 2.75) is 62.3 Å². The van der Waals surface area contributed by atoms with Gasteiger partial charge in [0.05, 0.1) is 5.03 Å². The Balaban J connectivity index is 2.09. The van der Waals surface area contributed by atoms with Gasteiger partial charge in [-0.3, -0.25) is 14.2 Å². The van der Waals surface area contributed by atoms with Crippen molar-refractivity contribution in [3.63, 3.8) is 0 Å². The van der Waals surface area contributed by atoms with Crippen LogP contribution in [0.5, 0.6) is 0 Å². The van der Waals surface area contributed by atoms with Crippen LogP contribution in [0.2, 0.25) is 0 Å². The molecule has 2 N–H and O–H groups in total. The van der Waals surface area contributed by atoms with E-state index in [1.54, 1.807) is 16.3 Å². The fourth-order valence-electron chi connectivity index (χ4n) is 3.87. The predicted octanol–water partition coefficient (Wildman–Crippen LogP) is 2.80. The van der Waals surface area contributed by atoms with Crippen LogP contribution in [0.15, 0.2) is 9.82 Å². The summed E-state index contributed by atoms with van der Waals surface area (Å²) in [6.45, 7) is 6.84. The van der Waals surface area contributed by atoms with E-state index in [4.69, 9.17) is 5.73 Å². The SMILES string of the molecule is C[C@H]1CC[C@H]2[C@H](C1)c1sc(=O)n(CC(N)=O)c1SC2(C)C. The van der Waals surface area contributed by atoms with Gasteiger partial charge >= 0.3 is 4.87 Å². The maximum atomic E-state index is 12.3. The minimum absolute atomic E-state index is 0.000681. The van der Waals surface area contributed by atoms with E-state index in [1.807, 2.05) is 0 Å². The summed E-state index contributed by atoms with van der Waals surface area (Å²) in [4.78, 5) is 24.7. The van der Waals surface area contributed by atoms with E-state index in [9.17, 15) is 9.59 Å². The molecule has 4 nitrogen and oxygen atoms in total. The van der Waals surface area contributed by atoms with Crippen molar-refractivity contribution in [1.29, 1.82) is 0 Å². The lowest BCUT2D eigenvalue weighted by Gasteiger charge is -2.47. The Kier molecular flexibility index (Phi) is 3.72. The molecule has 0 bridgehead atoms. The van der Waals surface area contributed by atoms with E-state index >= 15 is 0 Å². The number of thioether (sulfide) groups is 1. The molecule has 1 aromatic heterocycles. The van der Waals surface area contributed by atoms with E-state index < -0.39 is 5.91 Å². The van der Waals surface area contributed by atoms with Gasteiger partial charge in [-0.25, -0.2) is 0 Å². The fraction of sp³-hybridized carbons (Fsp3) is 0.733. The maximum absolute atomic E-state index is 12.3. The summed E-state index contributed by atoms with van der Waals surface area (Å²) < 4.78 is 1.69. The molecule has 0 radical (unpaired) electrons. The van der Waals surface area contributed by atoms with Crippen LogP contribution in [0.25, 0.3) is 0 Å². The Labute approximate surface area is 133 Å². The van der Waals surface area contributed by atoms with Gasteiger partial charge in [0.1, 0.15) is 6.54 Å². The van der Waals surface area contributed by atoms with E-state index in [0.717, 1.165) is 11.4 Å². The van der Waals surface area contributed by atoms with Gasteiger partial charge in [-0.2, -0.15) is 0 Å². The number of amides is 1. The molecular formula is C15H22N2O2S2. The van der Waals surface area contributed by atoms with Crippen molar-refractivity contribution < 1.29 is 4.79 Å². The summed E-state index contributed by atoms with van der Waals surface area (Å²) in [5, 5.41) is 0.990. The zero-order valence-corrected chi connectivity index (χ0v) is 14.4. The molecule has 2 heterocycles.